The molecule has 1 amide bonds. The number of methoxy groups -OCH3 is 3. The van der Waals surface area contributed by atoms with Gasteiger partial charge in [0.05, 0.1) is 37.2 Å². The predicted molar refractivity (Wildman–Crippen MR) is 106 cm³/mol. The number of benzene rings is 2. The number of thioether (sulfide) groups is 1. The van der Waals surface area contributed by atoms with Gasteiger partial charge in [-0.25, -0.2) is 4.79 Å². The zero-order valence-corrected chi connectivity index (χ0v) is 16.9. The maximum Gasteiger partial charge on any atom is 0.339 e. The maximum absolute atomic E-state index is 12.5. The molecular weight excluding hydrogens is 390 g/mol. The van der Waals surface area contributed by atoms with E-state index in [4.69, 9.17) is 21.1 Å². The first kappa shape index (κ1) is 20.9. The van der Waals surface area contributed by atoms with Gasteiger partial charge in [-0.2, -0.15) is 0 Å². The van der Waals surface area contributed by atoms with Crippen LogP contribution in [0.3, 0.4) is 0 Å². The molecule has 0 bridgehead atoms. The molecule has 2 aromatic carbocycles. The van der Waals surface area contributed by atoms with Crippen LogP contribution in [0.2, 0.25) is 5.02 Å². The lowest BCUT2D eigenvalue weighted by atomic mass is 10.2. The van der Waals surface area contributed by atoms with Gasteiger partial charge in [0.2, 0.25) is 5.91 Å². The smallest absolute Gasteiger partial charge is 0.339 e. The van der Waals surface area contributed by atoms with Crippen molar-refractivity contribution >= 4 is 40.9 Å². The molecule has 8 heteroatoms. The Balaban J connectivity index is 2.09. The Morgan fingerprint density at radius 2 is 1.74 bits per heavy atom. The molecule has 0 fully saturated rings. The van der Waals surface area contributed by atoms with E-state index >= 15 is 0 Å². The maximum atomic E-state index is 12.5. The van der Waals surface area contributed by atoms with Crippen molar-refractivity contribution in [2.45, 2.75) is 17.1 Å². The lowest BCUT2D eigenvalue weighted by Gasteiger charge is -2.14. The van der Waals surface area contributed by atoms with Crippen molar-refractivity contribution in [2.75, 3.05) is 26.6 Å². The first-order valence-corrected chi connectivity index (χ1v) is 9.22. The van der Waals surface area contributed by atoms with Crippen LogP contribution in [-0.2, 0) is 9.53 Å². The predicted octanol–water partition coefficient (Wildman–Crippen LogP) is 4.26. The van der Waals surface area contributed by atoms with Gasteiger partial charge in [-0.15, -0.1) is 11.8 Å². The summed E-state index contributed by atoms with van der Waals surface area (Å²) in [4.78, 5) is 25.1. The quantitative estimate of drug-likeness (QED) is 0.544. The summed E-state index contributed by atoms with van der Waals surface area (Å²) >= 11 is 7.36. The minimum Gasteiger partial charge on any atom is -0.493 e. The Morgan fingerprint density at radius 3 is 2.37 bits per heavy atom. The molecule has 0 aromatic heterocycles. The van der Waals surface area contributed by atoms with E-state index in [1.54, 1.807) is 33.3 Å². The van der Waals surface area contributed by atoms with Crippen LogP contribution in [0.4, 0.5) is 5.69 Å². The van der Waals surface area contributed by atoms with Crippen LogP contribution in [0, 0.1) is 0 Å². The first-order valence-electron chi connectivity index (χ1n) is 7.97. The Labute approximate surface area is 167 Å². The largest absolute Gasteiger partial charge is 0.493 e. The van der Waals surface area contributed by atoms with E-state index in [0.717, 1.165) is 4.90 Å². The normalized spacial score (nSPS) is 11.4. The number of hydrogen-bond donors (Lipinski definition) is 1. The molecule has 0 unspecified atom stereocenters. The summed E-state index contributed by atoms with van der Waals surface area (Å²) in [7, 11) is 4.39. The van der Waals surface area contributed by atoms with Gasteiger partial charge in [-0.3, -0.25) is 4.79 Å². The fourth-order valence-corrected chi connectivity index (χ4v) is 3.35. The fraction of sp³-hybridized carbons (Fsp3) is 0.263. The highest BCUT2D eigenvalue weighted by Crippen LogP contribution is 2.34. The lowest BCUT2D eigenvalue weighted by molar-refractivity contribution is -0.115. The van der Waals surface area contributed by atoms with Gasteiger partial charge < -0.3 is 19.5 Å². The molecule has 0 saturated carbocycles. The second-order valence-corrected chi connectivity index (χ2v) is 7.27. The highest BCUT2D eigenvalue weighted by atomic mass is 35.5. The van der Waals surface area contributed by atoms with E-state index in [1.807, 2.05) is 12.1 Å². The third-order valence-corrected chi connectivity index (χ3v) is 5.10. The number of rotatable bonds is 7. The minimum atomic E-state index is -0.566. The Kier molecular flexibility index (Phi) is 7.38. The van der Waals surface area contributed by atoms with E-state index in [0.29, 0.717) is 17.2 Å². The average molecular weight is 410 g/mol. The van der Waals surface area contributed by atoms with Gasteiger partial charge in [0.15, 0.2) is 11.5 Å². The van der Waals surface area contributed by atoms with Crippen molar-refractivity contribution in [3.63, 3.8) is 0 Å². The molecule has 0 radical (unpaired) electrons. The first-order chi connectivity index (χ1) is 12.9. The number of hydrogen-bond acceptors (Lipinski definition) is 6. The molecule has 0 spiro atoms. The summed E-state index contributed by atoms with van der Waals surface area (Å²) in [5.41, 5.74) is 0.654. The van der Waals surface area contributed by atoms with Gasteiger partial charge in [0.25, 0.3) is 0 Å². The SMILES string of the molecule is COC(=O)c1cc(NC(=O)[C@@H](C)Sc2ccc(OC)c(OC)c2)ccc1Cl. The molecular formula is C19H20ClNO5S. The van der Waals surface area contributed by atoms with E-state index < -0.39 is 5.97 Å². The fourth-order valence-electron chi connectivity index (χ4n) is 2.26. The van der Waals surface area contributed by atoms with Crippen molar-refractivity contribution in [3.05, 3.63) is 47.0 Å². The van der Waals surface area contributed by atoms with Crippen molar-refractivity contribution in [3.8, 4) is 11.5 Å². The summed E-state index contributed by atoms with van der Waals surface area (Å²) in [6, 6.07) is 10.1. The van der Waals surface area contributed by atoms with Gasteiger partial charge in [0.1, 0.15) is 0 Å². The zero-order chi connectivity index (χ0) is 20.0. The second kappa shape index (κ2) is 9.53. The van der Waals surface area contributed by atoms with Crippen molar-refractivity contribution < 1.29 is 23.8 Å². The van der Waals surface area contributed by atoms with Crippen LogP contribution < -0.4 is 14.8 Å². The van der Waals surface area contributed by atoms with Crippen LogP contribution in [0.1, 0.15) is 17.3 Å². The molecule has 6 nitrogen and oxygen atoms in total. The summed E-state index contributed by atoms with van der Waals surface area (Å²) in [6.45, 7) is 1.79. The monoisotopic (exact) mass is 409 g/mol. The Morgan fingerprint density at radius 1 is 1.04 bits per heavy atom. The van der Waals surface area contributed by atoms with E-state index in [9.17, 15) is 9.59 Å². The Hall–Kier alpha value is -2.38. The van der Waals surface area contributed by atoms with Crippen LogP contribution in [0.15, 0.2) is 41.3 Å². The van der Waals surface area contributed by atoms with Crippen molar-refractivity contribution in [1.82, 2.24) is 0 Å². The van der Waals surface area contributed by atoms with Gasteiger partial charge in [0, 0.05) is 10.6 Å². The highest BCUT2D eigenvalue weighted by molar-refractivity contribution is 8.00. The minimum absolute atomic E-state index is 0.192. The number of carbonyl (C=O) groups excluding carboxylic acids is 2. The van der Waals surface area contributed by atoms with Crippen molar-refractivity contribution in [2.24, 2.45) is 0 Å². The molecule has 2 rings (SSSR count). The van der Waals surface area contributed by atoms with Gasteiger partial charge in [-0.05, 0) is 43.3 Å². The Bertz CT molecular complexity index is 843. The zero-order valence-electron chi connectivity index (χ0n) is 15.4. The number of ether oxygens (including phenoxy) is 3. The summed E-state index contributed by atoms with van der Waals surface area (Å²) < 4.78 is 15.2. The molecule has 0 aliphatic heterocycles. The average Bonchev–Trinajstić information content (AvgIpc) is 2.68. The third-order valence-electron chi connectivity index (χ3n) is 3.68. The van der Waals surface area contributed by atoms with Crippen molar-refractivity contribution in [1.29, 1.82) is 0 Å². The molecule has 0 aliphatic rings. The van der Waals surface area contributed by atoms with Gasteiger partial charge in [-0.1, -0.05) is 11.6 Å². The van der Waals surface area contributed by atoms with Crippen LogP contribution in [0.25, 0.3) is 0 Å². The summed E-state index contributed by atoms with van der Waals surface area (Å²) in [5.74, 6) is 0.433. The molecule has 144 valence electrons. The van der Waals surface area contributed by atoms with E-state index in [1.165, 1.54) is 31.0 Å². The molecule has 0 saturated heterocycles. The number of esters is 1. The molecule has 1 N–H and O–H groups in total. The standard InChI is InChI=1S/C19H20ClNO5S/c1-11(27-13-6-8-16(24-2)17(10-13)25-3)18(22)21-12-5-7-15(20)14(9-12)19(23)26-4/h5-11H,1-4H3,(H,21,22)/t11-/m1/s1. The molecule has 0 aliphatic carbocycles. The molecule has 2 aromatic rings. The lowest BCUT2D eigenvalue weighted by Crippen LogP contribution is -2.22. The third kappa shape index (κ3) is 5.30. The highest BCUT2D eigenvalue weighted by Gasteiger charge is 2.18. The van der Waals surface area contributed by atoms with E-state index in [-0.39, 0.29) is 21.7 Å². The number of carbonyl (C=O) groups is 2. The number of nitrogens with one attached hydrogen (secondary N) is 1. The van der Waals surface area contributed by atoms with Crippen LogP contribution in [-0.4, -0.2) is 38.5 Å². The summed E-state index contributed by atoms with van der Waals surface area (Å²) in [5, 5.41) is 2.65. The van der Waals surface area contributed by atoms with E-state index in [2.05, 4.69) is 10.1 Å². The molecule has 1 atom stereocenters. The molecule has 0 heterocycles. The van der Waals surface area contributed by atoms with Gasteiger partial charge >= 0.3 is 5.97 Å². The van der Waals surface area contributed by atoms with Crippen LogP contribution in [0.5, 0.6) is 11.5 Å². The molecule has 27 heavy (non-hydrogen) atoms. The van der Waals surface area contributed by atoms with Crippen LogP contribution >= 0.6 is 23.4 Å². The number of anilines is 1. The topological polar surface area (TPSA) is 73.9 Å². The summed E-state index contributed by atoms with van der Waals surface area (Å²) in [6.07, 6.45) is 0. The number of amides is 1. The second-order valence-electron chi connectivity index (χ2n) is 5.45. The number of halogens is 1.